The summed E-state index contributed by atoms with van der Waals surface area (Å²) in [6.07, 6.45) is 2.61. The van der Waals surface area contributed by atoms with Crippen LogP contribution in [0.1, 0.15) is 48.8 Å². The number of esters is 1. The maximum absolute atomic E-state index is 12.6. The van der Waals surface area contributed by atoms with E-state index in [1.807, 2.05) is 42.9 Å². The van der Waals surface area contributed by atoms with Crippen molar-refractivity contribution >= 4 is 34.4 Å². The Balaban J connectivity index is 1.72. The van der Waals surface area contributed by atoms with E-state index in [0.717, 1.165) is 33.4 Å². The van der Waals surface area contributed by atoms with Crippen LogP contribution in [0.3, 0.4) is 0 Å². The summed E-state index contributed by atoms with van der Waals surface area (Å²) in [6, 6.07) is 3.64. The monoisotopic (exact) mass is 388 g/mol. The van der Waals surface area contributed by atoms with Gasteiger partial charge in [-0.15, -0.1) is 22.7 Å². The van der Waals surface area contributed by atoms with Crippen molar-refractivity contribution < 1.29 is 14.3 Å². The average Bonchev–Trinajstić information content (AvgIpc) is 3.32. The van der Waals surface area contributed by atoms with Crippen LogP contribution in [0.5, 0.6) is 0 Å². The Hall–Kier alpha value is -2.25. The van der Waals surface area contributed by atoms with Crippen molar-refractivity contribution in [1.29, 1.82) is 0 Å². The minimum absolute atomic E-state index is 0.210. The molecule has 7 heteroatoms. The Bertz CT molecular complexity index is 952. The van der Waals surface area contributed by atoms with Crippen LogP contribution in [0, 0.1) is 20.8 Å². The van der Waals surface area contributed by atoms with E-state index in [-0.39, 0.29) is 12.4 Å². The molecule has 0 fully saturated rings. The number of aryl methyl sites for hydroxylation is 3. The lowest BCUT2D eigenvalue weighted by Gasteiger charge is -2.06. The van der Waals surface area contributed by atoms with Crippen LogP contribution in [-0.2, 0) is 11.2 Å². The van der Waals surface area contributed by atoms with Crippen LogP contribution in [-0.4, -0.2) is 27.9 Å². The molecule has 0 radical (unpaired) electrons. The second-order valence-electron chi connectivity index (χ2n) is 6.00. The second-order valence-corrected chi connectivity index (χ2v) is 8.01. The van der Waals surface area contributed by atoms with Crippen LogP contribution in [0.2, 0.25) is 0 Å². The standard InChI is InChI=1S/C19H20N2O3S2/c1-5-16-11(2)8-17(26-16)18(23)24-10-15(22)14-9-12(3)21(13(14)4)19-20-6-7-25-19/h6-9H,5,10H2,1-4H3. The fourth-order valence-corrected chi connectivity index (χ4v) is 4.68. The van der Waals surface area contributed by atoms with Gasteiger partial charge in [-0.2, -0.15) is 0 Å². The first-order valence-electron chi connectivity index (χ1n) is 8.30. The number of rotatable bonds is 6. The second kappa shape index (κ2) is 7.55. The highest BCUT2D eigenvalue weighted by molar-refractivity contribution is 7.14. The van der Waals surface area contributed by atoms with Crippen LogP contribution in [0.4, 0.5) is 0 Å². The smallest absolute Gasteiger partial charge is 0.348 e. The zero-order valence-electron chi connectivity index (χ0n) is 15.2. The number of hydrogen-bond acceptors (Lipinski definition) is 6. The summed E-state index contributed by atoms with van der Waals surface area (Å²) in [5.74, 6) is -0.655. The number of aromatic nitrogens is 2. The first-order chi connectivity index (χ1) is 12.4. The Morgan fingerprint density at radius 3 is 2.62 bits per heavy atom. The van der Waals surface area contributed by atoms with Crippen molar-refractivity contribution in [2.75, 3.05) is 6.61 Å². The SMILES string of the molecule is CCc1sc(C(=O)OCC(=O)c2cc(C)n(-c3nccs3)c2C)cc1C. The number of carbonyl (C=O) groups excluding carboxylic acids is 2. The summed E-state index contributed by atoms with van der Waals surface area (Å²) in [7, 11) is 0. The summed E-state index contributed by atoms with van der Waals surface area (Å²) in [5, 5.41) is 2.71. The van der Waals surface area contributed by atoms with Crippen molar-refractivity contribution in [3.63, 3.8) is 0 Å². The molecule has 0 saturated carbocycles. The van der Waals surface area contributed by atoms with Crippen molar-refractivity contribution in [3.8, 4) is 5.13 Å². The third-order valence-electron chi connectivity index (χ3n) is 4.22. The molecule has 0 aromatic carbocycles. The van der Waals surface area contributed by atoms with Gasteiger partial charge in [-0.3, -0.25) is 9.36 Å². The number of hydrogen-bond donors (Lipinski definition) is 0. The molecule has 3 aromatic rings. The molecule has 0 bridgehead atoms. The van der Waals surface area contributed by atoms with Crippen LogP contribution >= 0.6 is 22.7 Å². The third kappa shape index (κ3) is 3.50. The maximum atomic E-state index is 12.6. The van der Waals surface area contributed by atoms with Gasteiger partial charge in [0.25, 0.3) is 0 Å². The van der Waals surface area contributed by atoms with Gasteiger partial charge in [0, 0.05) is 33.4 Å². The van der Waals surface area contributed by atoms with E-state index in [0.29, 0.717) is 10.4 Å². The highest BCUT2D eigenvalue weighted by Gasteiger charge is 2.20. The number of Topliss-reactive ketones (excluding diaryl/α,β-unsaturated/α-hetero) is 1. The molecule has 0 saturated heterocycles. The summed E-state index contributed by atoms with van der Waals surface area (Å²) < 4.78 is 7.19. The molecule has 0 aliphatic rings. The Kier molecular flexibility index (Phi) is 5.38. The third-order valence-corrected chi connectivity index (χ3v) is 6.34. The summed E-state index contributed by atoms with van der Waals surface area (Å²) >= 11 is 2.93. The maximum Gasteiger partial charge on any atom is 0.348 e. The van der Waals surface area contributed by atoms with Crippen molar-refractivity contribution in [1.82, 2.24) is 9.55 Å². The van der Waals surface area contributed by atoms with Crippen molar-refractivity contribution in [2.24, 2.45) is 0 Å². The molecule has 26 heavy (non-hydrogen) atoms. The van der Waals surface area contributed by atoms with E-state index in [4.69, 9.17) is 4.74 Å². The molecule has 0 amide bonds. The molecule has 3 heterocycles. The van der Waals surface area contributed by atoms with Gasteiger partial charge in [-0.1, -0.05) is 6.92 Å². The molecule has 3 rings (SSSR count). The Morgan fingerprint density at radius 2 is 2.00 bits per heavy atom. The first-order valence-corrected chi connectivity index (χ1v) is 10.0. The van der Waals surface area contributed by atoms with Gasteiger partial charge >= 0.3 is 5.97 Å². The molecule has 0 spiro atoms. The predicted octanol–water partition coefficient (Wildman–Crippen LogP) is 4.52. The lowest BCUT2D eigenvalue weighted by Crippen LogP contribution is -2.14. The van der Waals surface area contributed by atoms with Gasteiger partial charge in [0.05, 0.1) is 0 Å². The van der Waals surface area contributed by atoms with Gasteiger partial charge in [-0.25, -0.2) is 9.78 Å². The van der Waals surface area contributed by atoms with Crippen LogP contribution in [0.15, 0.2) is 23.7 Å². The number of thiazole rings is 1. The fraction of sp³-hybridized carbons (Fsp3) is 0.316. The molecule has 5 nitrogen and oxygen atoms in total. The number of carbonyl (C=O) groups is 2. The van der Waals surface area contributed by atoms with E-state index in [2.05, 4.69) is 11.9 Å². The van der Waals surface area contributed by atoms with E-state index < -0.39 is 5.97 Å². The lowest BCUT2D eigenvalue weighted by molar-refractivity contribution is 0.0479. The minimum Gasteiger partial charge on any atom is -0.453 e. The molecular formula is C19H20N2O3S2. The topological polar surface area (TPSA) is 61.2 Å². The van der Waals surface area contributed by atoms with Gasteiger partial charge in [0.2, 0.25) is 5.78 Å². The van der Waals surface area contributed by atoms with Gasteiger partial charge < -0.3 is 4.74 Å². The highest BCUT2D eigenvalue weighted by Crippen LogP contribution is 2.24. The summed E-state index contributed by atoms with van der Waals surface area (Å²) in [4.78, 5) is 30.8. The zero-order chi connectivity index (χ0) is 18.8. The predicted molar refractivity (Wildman–Crippen MR) is 104 cm³/mol. The number of thiophene rings is 1. The van der Waals surface area contributed by atoms with E-state index in [1.54, 1.807) is 6.20 Å². The molecule has 136 valence electrons. The largest absolute Gasteiger partial charge is 0.453 e. The highest BCUT2D eigenvalue weighted by atomic mass is 32.1. The molecule has 0 aliphatic carbocycles. The lowest BCUT2D eigenvalue weighted by atomic mass is 10.1. The molecular weight excluding hydrogens is 368 g/mol. The number of nitrogens with zero attached hydrogens (tertiary/aromatic N) is 2. The Labute approximate surface area is 160 Å². The molecule has 0 N–H and O–H groups in total. The van der Waals surface area contributed by atoms with Crippen LogP contribution < -0.4 is 0 Å². The van der Waals surface area contributed by atoms with E-state index in [1.165, 1.54) is 22.7 Å². The summed E-state index contributed by atoms with van der Waals surface area (Å²) in [6.45, 7) is 7.57. The first kappa shape index (κ1) is 18.5. The van der Waals surface area contributed by atoms with Crippen molar-refractivity contribution in [3.05, 3.63) is 56.0 Å². The average molecular weight is 389 g/mol. The number of ketones is 1. The fourth-order valence-electron chi connectivity index (χ4n) is 2.92. The van der Waals surface area contributed by atoms with Gasteiger partial charge in [0.15, 0.2) is 11.7 Å². The van der Waals surface area contributed by atoms with Crippen LogP contribution in [0.25, 0.3) is 5.13 Å². The molecule has 0 atom stereocenters. The van der Waals surface area contributed by atoms with Gasteiger partial charge in [-0.05, 0) is 44.9 Å². The molecule has 0 aliphatic heterocycles. The van der Waals surface area contributed by atoms with Crippen molar-refractivity contribution in [2.45, 2.75) is 34.1 Å². The van der Waals surface area contributed by atoms with E-state index in [9.17, 15) is 9.59 Å². The zero-order valence-corrected chi connectivity index (χ0v) is 16.8. The summed E-state index contributed by atoms with van der Waals surface area (Å²) in [5.41, 5.74) is 3.37. The van der Waals surface area contributed by atoms with E-state index >= 15 is 0 Å². The molecule has 0 unspecified atom stereocenters. The quantitative estimate of drug-likeness (QED) is 0.460. The van der Waals surface area contributed by atoms with Gasteiger partial charge in [0.1, 0.15) is 4.88 Å². The molecule has 3 aromatic heterocycles. The minimum atomic E-state index is -0.445. The number of ether oxygens (including phenoxy) is 1. The Morgan fingerprint density at radius 1 is 1.23 bits per heavy atom. The normalized spacial score (nSPS) is 10.9.